The number of carboxylic acid groups (broad SMARTS) is 1. The third-order valence-corrected chi connectivity index (χ3v) is 5.22. The van der Waals surface area contributed by atoms with Gasteiger partial charge in [0.1, 0.15) is 11.9 Å². The van der Waals surface area contributed by atoms with Gasteiger partial charge < -0.3 is 15.7 Å². The number of nitrogen functional groups attached to an aromatic ring is 1. The van der Waals surface area contributed by atoms with E-state index in [9.17, 15) is 14.7 Å². The van der Waals surface area contributed by atoms with Gasteiger partial charge in [0.15, 0.2) is 5.65 Å². The van der Waals surface area contributed by atoms with E-state index < -0.39 is 12.0 Å². The first-order valence-corrected chi connectivity index (χ1v) is 8.98. The minimum absolute atomic E-state index is 0.0940. The summed E-state index contributed by atoms with van der Waals surface area (Å²) in [7, 11) is 1.83. The average Bonchev–Trinajstić information content (AvgIpc) is 3.27. The van der Waals surface area contributed by atoms with Gasteiger partial charge in [-0.15, -0.1) is 0 Å². The van der Waals surface area contributed by atoms with Crippen molar-refractivity contribution in [1.29, 1.82) is 0 Å². The number of anilines is 1. The van der Waals surface area contributed by atoms with Crippen LogP contribution in [0.25, 0.3) is 16.8 Å². The Morgan fingerprint density at radius 1 is 1.25 bits per heavy atom. The van der Waals surface area contributed by atoms with Crippen molar-refractivity contribution in [2.24, 2.45) is 7.05 Å². The van der Waals surface area contributed by atoms with Crippen LogP contribution in [-0.2, 0) is 16.6 Å². The molecule has 28 heavy (non-hydrogen) atoms. The predicted octanol–water partition coefficient (Wildman–Crippen LogP) is 0.891. The maximum absolute atomic E-state index is 12.0. The van der Waals surface area contributed by atoms with Gasteiger partial charge in [-0.05, 0) is 12.8 Å². The fourth-order valence-electron chi connectivity index (χ4n) is 3.80. The molecular formula is C18H21N7O3. The smallest absolute Gasteiger partial charge is 0.326 e. The number of hydrogen-bond donors (Lipinski definition) is 2. The number of carboxylic acids is 1. The van der Waals surface area contributed by atoms with Crippen LogP contribution in [0, 0.1) is 0 Å². The number of amides is 1. The number of carbonyl (C=O) groups is 2. The molecule has 3 aromatic rings. The Morgan fingerprint density at radius 2 is 2.04 bits per heavy atom. The van der Waals surface area contributed by atoms with Crippen molar-refractivity contribution < 1.29 is 14.7 Å². The van der Waals surface area contributed by atoms with Crippen LogP contribution >= 0.6 is 0 Å². The van der Waals surface area contributed by atoms with Crippen LogP contribution in [0.15, 0.2) is 24.7 Å². The summed E-state index contributed by atoms with van der Waals surface area (Å²) in [4.78, 5) is 29.6. The van der Waals surface area contributed by atoms with Gasteiger partial charge in [0.2, 0.25) is 5.91 Å². The molecule has 2 unspecified atom stereocenters. The van der Waals surface area contributed by atoms with Gasteiger partial charge in [-0.25, -0.2) is 9.78 Å². The van der Waals surface area contributed by atoms with Crippen LogP contribution in [0.4, 0.5) is 5.82 Å². The van der Waals surface area contributed by atoms with Crippen molar-refractivity contribution >= 4 is 23.3 Å². The lowest BCUT2D eigenvalue weighted by Gasteiger charge is -2.36. The molecule has 0 spiro atoms. The average molecular weight is 383 g/mol. The van der Waals surface area contributed by atoms with Crippen molar-refractivity contribution in [3.05, 3.63) is 30.4 Å². The molecule has 0 bridgehead atoms. The Kier molecular flexibility index (Phi) is 4.25. The van der Waals surface area contributed by atoms with Crippen molar-refractivity contribution in [3.63, 3.8) is 0 Å². The molecule has 0 aromatic carbocycles. The van der Waals surface area contributed by atoms with Crippen molar-refractivity contribution in [3.8, 4) is 11.1 Å². The second-order valence-electron chi connectivity index (χ2n) is 7.10. The Morgan fingerprint density at radius 3 is 2.68 bits per heavy atom. The normalized spacial score (nSPS) is 19.9. The van der Waals surface area contributed by atoms with E-state index in [4.69, 9.17) is 10.7 Å². The first-order chi connectivity index (χ1) is 13.3. The second kappa shape index (κ2) is 6.63. The van der Waals surface area contributed by atoms with E-state index in [0.717, 1.165) is 16.8 Å². The summed E-state index contributed by atoms with van der Waals surface area (Å²) >= 11 is 0. The molecule has 1 amide bonds. The molecule has 0 aliphatic carbocycles. The van der Waals surface area contributed by atoms with Crippen LogP contribution in [-0.4, -0.2) is 58.8 Å². The Bertz CT molecular complexity index is 1070. The summed E-state index contributed by atoms with van der Waals surface area (Å²) in [6, 6.07) is 0.952. The minimum Gasteiger partial charge on any atom is -0.480 e. The predicted molar refractivity (Wildman–Crippen MR) is 100 cm³/mol. The first kappa shape index (κ1) is 18.0. The SMILES string of the molecule is CC(=O)N1CC(c2cc(N)n3ncc(-c4cnn(C)c4)c3n2)CCC1C(=O)O. The molecule has 4 rings (SSSR count). The van der Waals surface area contributed by atoms with E-state index in [2.05, 4.69) is 10.2 Å². The maximum atomic E-state index is 12.0. The van der Waals surface area contributed by atoms with Crippen molar-refractivity contribution in [1.82, 2.24) is 29.3 Å². The van der Waals surface area contributed by atoms with Gasteiger partial charge in [-0.2, -0.15) is 14.7 Å². The highest BCUT2D eigenvalue weighted by Gasteiger charge is 2.35. The van der Waals surface area contributed by atoms with Crippen LogP contribution in [0.5, 0.6) is 0 Å². The number of carbonyl (C=O) groups excluding carboxylic acids is 1. The molecule has 0 saturated carbocycles. The number of aryl methyl sites for hydroxylation is 1. The van der Waals surface area contributed by atoms with E-state index >= 15 is 0 Å². The molecule has 1 saturated heterocycles. The lowest BCUT2D eigenvalue weighted by molar-refractivity contribution is -0.151. The highest BCUT2D eigenvalue weighted by molar-refractivity contribution is 5.82. The third kappa shape index (κ3) is 2.96. The van der Waals surface area contributed by atoms with E-state index in [1.165, 1.54) is 11.8 Å². The van der Waals surface area contributed by atoms with Gasteiger partial charge in [0, 0.05) is 49.8 Å². The quantitative estimate of drug-likeness (QED) is 0.686. The van der Waals surface area contributed by atoms with Gasteiger partial charge in [0.25, 0.3) is 0 Å². The Balaban J connectivity index is 1.73. The zero-order valence-electron chi connectivity index (χ0n) is 15.6. The fraction of sp³-hybridized carbons (Fsp3) is 0.389. The molecule has 2 atom stereocenters. The number of rotatable bonds is 3. The maximum Gasteiger partial charge on any atom is 0.326 e. The highest BCUT2D eigenvalue weighted by atomic mass is 16.4. The molecule has 4 heterocycles. The molecule has 10 heteroatoms. The molecule has 1 fully saturated rings. The second-order valence-corrected chi connectivity index (χ2v) is 7.10. The van der Waals surface area contributed by atoms with Crippen LogP contribution < -0.4 is 5.73 Å². The zero-order chi connectivity index (χ0) is 20.0. The number of hydrogen-bond acceptors (Lipinski definition) is 6. The number of aliphatic carboxylic acids is 1. The summed E-state index contributed by atoms with van der Waals surface area (Å²) in [6.07, 6.45) is 6.29. The molecule has 0 radical (unpaired) electrons. The minimum atomic E-state index is -0.980. The molecule has 1 aliphatic heterocycles. The van der Waals surface area contributed by atoms with E-state index in [1.807, 2.05) is 13.2 Å². The summed E-state index contributed by atoms with van der Waals surface area (Å²) in [5.41, 5.74) is 9.22. The van der Waals surface area contributed by atoms with Crippen molar-refractivity contribution in [2.45, 2.75) is 31.7 Å². The third-order valence-electron chi connectivity index (χ3n) is 5.22. The largest absolute Gasteiger partial charge is 0.480 e. The standard InChI is InChI=1S/C18H21N7O3/c1-10(26)24-9-11(3-4-15(24)18(27)28)14-5-16(19)25-17(22-14)13(7-21-25)12-6-20-23(2)8-12/h5-8,11,15H,3-4,9,19H2,1-2H3,(H,27,28). The lowest BCUT2D eigenvalue weighted by atomic mass is 9.90. The summed E-state index contributed by atoms with van der Waals surface area (Å²) < 4.78 is 3.27. The molecule has 1 aliphatic rings. The molecule has 146 valence electrons. The lowest BCUT2D eigenvalue weighted by Crippen LogP contribution is -2.49. The van der Waals surface area contributed by atoms with Crippen LogP contribution in [0.3, 0.4) is 0 Å². The number of nitrogens with two attached hydrogens (primary N) is 1. The molecule has 10 nitrogen and oxygen atoms in total. The van der Waals surface area contributed by atoms with E-state index in [0.29, 0.717) is 30.9 Å². The summed E-state index contributed by atoms with van der Waals surface area (Å²) in [6.45, 7) is 1.69. The molecule has 3 aromatic heterocycles. The van der Waals surface area contributed by atoms with E-state index in [-0.39, 0.29) is 11.8 Å². The molecule has 3 N–H and O–H groups in total. The Hall–Kier alpha value is -3.43. The molecular weight excluding hydrogens is 362 g/mol. The van der Waals surface area contributed by atoms with Gasteiger partial charge in [-0.1, -0.05) is 0 Å². The first-order valence-electron chi connectivity index (χ1n) is 8.98. The van der Waals surface area contributed by atoms with Crippen LogP contribution in [0.1, 0.15) is 31.4 Å². The van der Waals surface area contributed by atoms with Crippen LogP contribution in [0.2, 0.25) is 0 Å². The zero-order valence-corrected chi connectivity index (χ0v) is 15.6. The number of fused-ring (bicyclic) bond motifs is 1. The topological polar surface area (TPSA) is 132 Å². The fourth-order valence-corrected chi connectivity index (χ4v) is 3.80. The highest BCUT2D eigenvalue weighted by Crippen LogP contribution is 2.32. The summed E-state index contributed by atoms with van der Waals surface area (Å²) in [5, 5.41) is 17.9. The number of likely N-dealkylation sites (tertiary alicyclic amines) is 1. The Labute approximate surface area is 160 Å². The van der Waals surface area contributed by atoms with E-state index in [1.54, 1.807) is 27.7 Å². The van der Waals surface area contributed by atoms with Gasteiger partial charge in [0.05, 0.1) is 18.1 Å². The summed E-state index contributed by atoms with van der Waals surface area (Å²) in [5.74, 6) is -0.897. The number of nitrogens with zero attached hydrogens (tertiary/aromatic N) is 6. The monoisotopic (exact) mass is 383 g/mol. The number of aromatic nitrogens is 5. The van der Waals surface area contributed by atoms with Crippen molar-refractivity contribution in [2.75, 3.05) is 12.3 Å². The van der Waals surface area contributed by atoms with Gasteiger partial charge >= 0.3 is 5.97 Å². The number of piperidine rings is 1. The van der Waals surface area contributed by atoms with Gasteiger partial charge in [-0.3, -0.25) is 9.48 Å².